The maximum atomic E-state index is 12.5. The van der Waals surface area contributed by atoms with Crippen LogP contribution in [0.15, 0.2) is 30.3 Å². The molecule has 1 aromatic rings. The maximum Gasteiger partial charge on any atom is 0.246 e. The van der Waals surface area contributed by atoms with E-state index in [0.717, 1.165) is 25.2 Å². The van der Waals surface area contributed by atoms with Crippen LogP contribution in [-0.4, -0.2) is 37.6 Å². The van der Waals surface area contributed by atoms with Crippen LogP contribution in [0.1, 0.15) is 18.9 Å². The minimum absolute atomic E-state index is 0.0504. The summed E-state index contributed by atoms with van der Waals surface area (Å²) in [6.07, 6.45) is 1.02. The lowest BCUT2D eigenvalue weighted by Gasteiger charge is -2.30. The van der Waals surface area contributed by atoms with Crippen LogP contribution < -0.4 is 5.73 Å². The van der Waals surface area contributed by atoms with Crippen LogP contribution in [0.2, 0.25) is 0 Å². The van der Waals surface area contributed by atoms with Crippen molar-refractivity contribution in [1.29, 1.82) is 0 Å². The fourth-order valence-electron chi connectivity index (χ4n) is 2.50. The first-order valence-corrected chi connectivity index (χ1v) is 6.69. The molecule has 0 aliphatic carbocycles. The Labute approximate surface area is 114 Å². The fourth-order valence-corrected chi connectivity index (χ4v) is 2.50. The Bertz CT molecular complexity index is 425. The van der Waals surface area contributed by atoms with Crippen LogP contribution in [0.4, 0.5) is 0 Å². The molecule has 0 bridgehead atoms. The Hall–Kier alpha value is -1.39. The zero-order valence-corrected chi connectivity index (χ0v) is 11.6. The highest BCUT2D eigenvalue weighted by molar-refractivity contribution is 5.86. The highest BCUT2D eigenvalue weighted by Gasteiger charge is 2.34. The maximum absolute atomic E-state index is 12.5. The van der Waals surface area contributed by atoms with Crippen LogP contribution in [0.3, 0.4) is 0 Å². The monoisotopic (exact) mass is 262 g/mol. The molecule has 0 aromatic heterocycles. The smallest absolute Gasteiger partial charge is 0.246 e. The molecular weight excluding hydrogens is 240 g/mol. The SMILES string of the molecule is CN(CC1CCOC1)C(=O)C(C)(N)c1ccccc1. The molecule has 1 aliphatic heterocycles. The topological polar surface area (TPSA) is 55.6 Å². The quantitative estimate of drug-likeness (QED) is 0.891. The van der Waals surface area contributed by atoms with Crippen LogP contribution in [-0.2, 0) is 15.1 Å². The number of hydrogen-bond acceptors (Lipinski definition) is 3. The van der Waals surface area contributed by atoms with Gasteiger partial charge in [0, 0.05) is 26.1 Å². The van der Waals surface area contributed by atoms with Gasteiger partial charge in [0.05, 0.1) is 6.61 Å². The van der Waals surface area contributed by atoms with Gasteiger partial charge in [-0.3, -0.25) is 4.79 Å². The van der Waals surface area contributed by atoms with Gasteiger partial charge in [0.1, 0.15) is 5.54 Å². The predicted molar refractivity (Wildman–Crippen MR) is 74.5 cm³/mol. The first-order chi connectivity index (χ1) is 9.01. The van der Waals surface area contributed by atoms with E-state index >= 15 is 0 Å². The van der Waals surface area contributed by atoms with E-state index in [-0.39, 0.29) is 5.91 Å². The molecule has 104 valence electrons. The lowest BCUT2D eigenvalue weighted by Crippen LogP contribution is -2.50. The van der Waals surface area contributed by atoms with E-state index in [2.05, 4.69) is 0 Å². The van der Waals surface area contributed by atoms with Gasteiger partial charge in [-0.15, -0.1) is 0 Å². The van der Waals surface area contributed by atoms with E-state index in [1.807, 2.05) is 37.4 Å². The van der Waals surface area contributed by atoms with E-state index in [0.29, 0.717) is 12.5 Å². The van der Waals surface area contributed by atoms with E-state index in [1.54, 1.807) is 11.8 Å². The first kappa shape index (κ1) is 14.0. The van der Waals surface area contributed by atoms with Crippen LogP contribution in [0.25, 0.3) is 0 Å². The van der Waals surface area contributed by atoms with Gasteiger partial charge in [-0.1, -0.05) is 30.3 Å². The Morgan fingerprint density at radius 1 is 1.47 bits per heavy atom. The normalized spacial score (nSPS) is 21.9. The second kappa shape index (κ2) is 5.72. The molecule has 1 saturated heterocycles. The third-order valence-corrected chi connectivity index (χ3v) is 3.72. The Morgan fingerprint density at radius 2 is 2.16 bits per heavy atom. The van der Waals surface area contributed by atoms with E-state index < -0.39 is 5.54 Å². The Morgan fingerprint density at radius 3 is 2.74 bits per heavy atom. The third-order valence-electron chi connectivity index (χ3n) is 3.72. The molecule has 1 heterocycles. The summed E-state index contributed by atoms with van der Waals surface area (Å²) in [4.78, 5) is 14.2. The molecular formula is C15H22N2O2. The number of likely N-dealkylation sites (N-methyl/N-ethyl adjacent to an activating group) is 1. The summed E-state index contributed by atoms with van der Waals surface area (Å²) in [5, 5.41) is 0. The van der Waals surface area contributed by atoms with Crippen molar-refractivity contribution in [1.82, 2.24) is 4.90 Å². The van der Waals surface area contributed by atoms with Crippen molar-refractivity contribution >= 4 is 5.91 Å². The van der Waals surface area contributed by atoms with Crippen LogP contribution >= 0.6 is 0 Å². The molecule has 2 unspecified atom stereocenters. The summed E-state index contributed by atoms with van der Waals surface area (Å²) in [7, 11) is 1.81. The van der Waals surface area contributed by atoms with E-state index in [9.17, 15) is 4.79 Å². The zero-order valence-electron chi connectivity index (χ0n) is 11.6. The lowest BCUT2D eigenvalue weighted by atomic mass is 9.91. The average Bonchev–Trinajstić information content (AvgIpc) is 2.91. The summed E-state index contributed by atoms with van der Waals surface area (Å²) in [5.41, 5.74) is 6.10. The van der Waals surface area contributed by atoms with Crippen LogP contribution in [0, 0.1) is 5.92 Å². The van der Waals surface area contributed by atoms with Crippen molar-refractivity contribution in [3.8, 4) is 0 Å². The van der Waals surface area contributed by atoms with E-state index in [4.69, 9.17) is 10.5 Å². The summed E-state index contributed by atoms with van der Waals surface area (Å²) >= 11 is 0. The highest BCUT2D eigenvalue weighted by Crippen LogP contribution is 2.21. The number of nitrogens with two attached hydrogens (primary N) is 1. The summed E-state index contributed by atoms with van der Waals surface area (Å²) < 4.78 is 5.34. The number of nitrogens with zero attached hydrogens (tertiary/aromatic N) is 1. The predicted octanol–water partition coefficient (Wildman–Crippen LogP) is 1.36. The van der Waals surface area contributed by atoms with E-state index in [1.165, 1.54) is 0 Å². The van der Waals surface area contributed by atoms with Crippen molar-refractivity contribution in [3.05, 3.63) is 35.9 Å². The second-order valence-electron chi connectivity index (χ2n) is 5.48. The summed E-state index contributed by atoms with van der Waals surface area (Å²) in [5.74, 6) is 0.381. The molecule has 1 aliphatic rings. The molecule has 4 heteroatoms. The third kappa shape index (κ3) is 3.14. The number of rotatable bonds is 4. The highest BCUT2D eigenvalue weighted by atomic mass is 16.5. The number of ether oxygens (including phenoxy) is 1. The second-order valence-corrected chi connectivity index (χ2v) is 5.48. The van der Waals surface area contributed by atoms with Gasteiger partial charge >= 0.3 is 0 Å². The van der Waals surface area contributed by atoms with Gasteiger partial charge < -0.3 is 15.4 Å². The standard InChI is InChI=1S/C15H22N2O2/c1-15(16,13-6-4-3-5-7-13)14(18)17(2)10-12-8-9-19-11-12/h3-7,12H,8-11,16H2,1-2H3. The first-order valence-electron chi connectivity index (χ1n) is 6.69. The summed E-state index contributed by atoms with van der Waals surface area (Å²) in [6.45, 7) is 4.01. The van der Waals surface area contributed by atoms with Crippen LogP contribution in [0.5, 0.6) is 0 Å². The van der Waals surface area contributed by atoms with Crippen molar-refractivity contribution in [3.63, 3.8) is 0 Å². The van der Waals surface area contributed by atoms with Crippen molar-refractivity contribution in [2.75, 3.05) is 26.8 Å². The van der Waals surface area contributed by atoms with Crippen molar-refractivity contribution in [2.24, 2.45) is 11.7 Å². The lowest BCUT2D eigenvalue weighted by molar-refractivity contribution is -0.136. The molecule has 2 rings (SSSR count). The van der Waals surface area contributed by atoms with Crippen molar-refractivity contribution in [2.45, 2.75) is 18.9 Å². The molecule has 0 spiro atoms. The molecule has 0 saturated carbocycles. The minimum Gasteiger partial charge on any atom is -0.381 e. The fraction of sp³-hybridized carbons (Fsp3) is 0.533. The van der Waals surface area contributed by atoms with Gasteiger partial charge in [-0.25, -0.2) is 0 Å². The molecule has 1 aromatic carbocycles. The number of hydrogen-bond donors (Lipinski definition) is 1. The molecule has 0 radical (unpaired) electrons. The van der Waals surface area contributed by atoms with Gasteiger partial charge in [-0.2, -0.15) is 0 Å². The average molecular weight is 262 g/mol. The molecule has 19 heavy (non-hydrogen) atoms. The number of benzene rings is 1. The molecule has 1 fully saturated rings. The molecule has 2 atom stereocenters. The zero-order chi connectivity index (χ0) is 13.9. The van der Waals surface area contributed by atoms with Gasteiger partial charge in [-0.05, 0) is 18.9 Å². The Balaban J connectivity index is 2.04. The Kier molecular flexibility index (Phi) is 4.22. The van der Waals surface area contributed by atoms with Gasteiger partial charge in [0.15, 0.2) is 0 Å². The number of carbonyl (C=O) groups excluding carboxylic acids is 1. The van der Waals surface area contributed by atoms with Gasteiger partial charge in [0.2, 0.25) is 5.91 Å². The van der Waals surface area contributed by atoms with Crippen molar-refractivity contribution < 1.29 is 9.53 Å². The number of amides is 1. The summed E-state index contributed by atoms with van der Waals surface area (Å²) in [6, 6.07) is 9.51. The van der Waals surface area contributed by atoms with Gasteiger partial charge in [0.25, 0.3) is 0 Å². The molecule has 2 N–H and O–H groups in total. The number of carbonyl (C=O) groups is 1. The minimum atomic E-state index is -0.977. The molecule has 1 amide bonds. The molecule has 4 nitrogen and oxygen atoms in total. The largest absolute Gasteiger partial charge is 0.381 e.